The lowest BCUT2D eigenvalue weighted by atomic mass is 9.95. The van der Waals surface area contributed by atoms with Gasteiger partial charge in [0, 0.05) is 13.0 Å². The van der Waals surface area contributed by atoms with Gasteiger partial charge in [-0.25, -0.2) is 0 Å². The molecule has 20 heavy (non-hydrogen) atoms. The molecule has 0 heterocycles. The van der Waals surface area contributed by atoms with Crippen LogP contribution in [0.4, 0.5) is 0 Å². The molecule has 5 nitrogen and oxygen atoms in total. The van der Waals surface area contributed by atoms with Gasteiger partial charge in [0.1, 0.15) is 6.61 Å². The van der Waals surface area contributed by atoms with Crippen LogP contribution < -0.4 is 0 Å². The predicted octanol–water partition coefficient (Wildman–Crippen LogP) is 1.08. The fraction of sp³-hybridized carbons (Fsp3) is 0.533. The zero-order valence-corrected chi connectivity index (χ0v) is 11.4. The molecule has 4 atom stereocenters. The summed E-state index contributed by atoms with van der Waals surface area (Å²) < 4.78 is 10.1. The Hall–Kier alpha value is -1.43. The number of carbonyl (C=O) groups excluding carboxylic acids is 1. The zero-order valence-electron chi connectivity index (χ0n) is 11.4. The number of hydrogen-bond donors (Lipinski definition) is 2. The van der Waals surface area contributed by atoms with E-state index in [0.29, 0.717) is 12.8 Å². The number of ether oxygens (including phenoxy) is 2. The highest BCUT2D eigenvalue weighted by Crippen LogP contribution is 2.35. The van der Waals surface area contributed by atoms with Gasteiger partial charge in [-0.15, -0.1) is 0 Å². The van der Waals surface area contributed by atoms with Crippen LogP contribution in [0.15, 0.2) is 30.3 Å². The Balaban J connectivity index is 1.93. The Morgan fingerprint density at radius 2 is 2.05 bits per heavy atom. The first-order chi connectivity index (χ1) is 9.61. The van der Waals surface area contributed by atoms with Crippen LogP contribution in [0.25, 0.3) is 0 Å². The van der Waals surface area contributed by atoms with Gasteiger partial charge in [0.15, 0.2) is 6.29 Å². The number of benzene rings is 1. The quantitative estimate of drug-likeness (QED) is 0.623. The maximum absolute atomic E-state index is 12.1. The number of hydrogen-bond acceptors (Lipinski definition) is 5. The molecule has 0 radical (unpaired) electrons. The molecule has 1 aromatic rings. The molecule has 1 fully saturated rings. The van der Waals surface area contributed by atoms with Gasteiger partial charge < -0.3 is 19.7 Å². The largest absolute Gasteiger partial charge is 0.461 e. The fourth-order valence-electron chi connectivity index (χ4n) is 2.64. The number of carbonyl (C=O) groups is 1. The molecule has 1 saturated carbocycles. The highest BCUT2D eigenvalue weighted by molar-refractivity contribution is 5.73. The molecule has 0 aromatic heterocycles. The number of aliphatic hydroxyl groups is 2. The normalized spacial score (nSPS) is 27.2. The van der Waals surface area contributed by atoms with Crippen LogP contribution in [-0.4, -0.2) is 35.7 Å². The lowest BCUT2D eigenvalue weighted by Gasteiger charge is -2.22. The van der Waals surface area contributed by atoms with Crippen molar-refractivity contribution in [1.29, 1.82) is 0 Å². The van der Waals surface area contributed by atoms with Crippen molar-refractivity contribution in [2.24, 2.45) is 11.8 Å². The number of aliphatic hydroxyl groups excluding tert-OH is 2. The first-order valence-corrected chi connectivity index (χ1v) is 6.71. The molecule has 110 valence electrons. The average Bonchev–Trinajstić information content (AvgIpc) is 2.87. The zero-order chi connectivity index (χ0) is 14.5. The van der Waals surface area contributed by atoms with Crippen molar-refractivity contribution < 1.29 is 24.5 Å². The summed E-state index contributed by atoms with van der Waals surface area (Å²) in [7, 11) is 1.38. The second kappa shape index (κ2) is 6.83. The third kappa shape index (κ3) is 3.56. The minimum Gasteiger partial charge on any atom is -0.461 e. The predicted molar refractivity (Wildman–Crippen MR) is 71.5 cm³/mol. The first-order valence-electron chi connectivity index (χ1n) is 6.71. The van der Waals surface area contributed by atoms with Gasteiger partial charge in [-0.3, -0.25) is 4.79 Å². The minimum absolute atomic E-state index is 0.196. The van der Waals surface area contributed by atoms with E-state index in [1.165, 1.54) is 7.11 Å². The van der Waals surface area contributed by atoms with Gasteiger partial charge in [-0.2, -0.15) is 0 Å². The average molecular weight is 280 g/mol. The van der Waals surface area contributed by atoms with Gasteiger partial charge in [-0.1, -0.05) is 30.3 Å². The van der Waals surface area contributed by atoms with E-state index in [-0.39, 0.29) is 6.61 Å². The summed E-state index contributed by atoms with van der Waals surface area (Å²) in [6, 6.07) is 9.39. The first kappa shape index (κ1) is 15.0. The number of methoxy groups -OCH3 is 1. The van der Waals surface area contributed by atoms with Gasteiger partial charge in [0.05, 0.1) is 12.0 Å². The standard InChI is InChI=1S/C15H20O5/c1-19-14(17)12-7-11(16)8-13(12)15(18)20-9-10-5-3-2-4-6-10/h2-6,11-14,16-17H,7-9H2,1H3/t11-,12+,13+,14?/m0/s1. The van der Waals surface area contributed by atoms with E-state index >= 15 is 0 Å². The Bertz CT molecular complexity index is 433. The molecule has 0 saturated heterocycles. The molecular weight excluding hydrogens is 260 g/mol. The van der Waals surface area contributed by atoms with E-state index in [9.17, 15) is 15.0 Å². The second-order valence-electron chi connectivity index (χ2n) is 5.12. The molecule has 2 N–H and O–H groups in total. The molecule has 0 amide bonds. The highest BCUT2D eigenvalue weighted by atomic mass is 16.6. The molecule has 0 spiro atoms. The van der Waals surface area contributed by atoms with Crippen LogP contribution in [0.2, 0.25) is 0 Å². The van der Waals surface area contributed by atoms with Crippen molar-refractivity contribution in [2.45, 2.75) is 31.8 Å². The van der Waals surface area contributed by atoms with E-state index in [0.717, 1.165) is 5.56 Å². The topological polar surface area (TPSA) is 76.0 Å². The molecular formula is C15H20O5. The monoisotopic (exact) mass is 280 g/mol. The summed E-state index contributed by atoms with van der Waals surface area (Å²) in [6.45, 7) is 0.196. The van der Waals surface area contributed by atoms with E-state index in [1.54, 1.807) is 0 Å². The van der Waals surface area contributed by atoms with Crippen LogP contribution in [0.5, 0.6) is 0 Å². The molecule has 1 aliphatic rings. The minimum atomic E-state index is -1.05. The maximum Gasteiger partial charge on any atom is 0.309 e. The summed E-state index contributed by atoms with van der Waals surface area (Å²) in [5.41, 5.74) is 0.906. The molecule has 1 aliphatic carbocycles. The fourth-order valence-corrected chi connectivity index (χ4v) is 2.64. The van der Waals surface area contributed by atoms with Crippen molar-refractivity contribution in [2.75, 3.05) is 7.11 Å². The Morgan fingerprint density at radius 3 is 2.70 bits per heavy atom. The molecule has 0 bridgehead atoms. The van der Waals surface area contributed by atoms with Gasteiger partial charge in [0.2, 0.25) is 0 Å². The van der Waals surface area contributed by atoms with Crippen molar-refractivity contribution in [3.63, 3.8) is 0 Å². The second-order valence-corrected chi connectivity index (χ2v) is 5.12. The summed E-state index contributed by atoms with van der Waals surface area (Å²) in [5, 5.41) is 19.4. The maximum atomic E-state index is 12.1. The smallest absolute Gasteiger partial charge is 0.309 e. The van der Waals surface area contributed by atoms with Crippen LogP contribution >= 0.6 is 0 Å². The van der Waals surface area contributed by atoms with Gasteiger partial charge in [-0.05, 0) is 18.4 Å². The van der Waals surface area contributed by atoms with Crippen LogP contribution in [-0.2, 0) is 20.9 Å². The number of esters is 1. The van der Waals surface area contributed by atoms with Gasteiger partial charge in [0.25, 0.3) is 0 Å². The van der Waals surface area contributed by atoms with E-state index in [4.69, 9.17) is 9.47 Å². The molecule has 1 unspecified atom stereocenters. The van der Waals surface area contributed by atoms with E-state index in [2.05, 4.69) is 0 Å². The summed E-state index contributed by atoms with van der Waals surface area (Å²) >= 11 is 0. The lowest BCUT2D eigenvalue weighted by molar-refractivity contribution is -0.162. The lowest BCUT2D eigenvalue weighted by Crippen LogP contribution is -2.31. The molecule has 2 rings (SSSR count). The Morgan fingerprint density at radius 1 is 1.35 bits per heavy atom. The molecule has 1 aromatic carbocycles. The number of rotatable bonds is 5. The Kier molecular flexibility index (Phi) is 5.11. The van der Waals surface area contributed by atoms with Crippen LogP contribution in [0.1, 0.15) is 18.4 Å². The van der Waals surface area contributed by atoms with Crippen LogP contribution in [0, 0.1) is 11.8 Å². The van der Waals surface area contributed by atoms with E-state index < -0.39 is 30.2 Å². The summed E-state index contributed by atoms with van der Waals surface area (Å²) in [5.74, 6) is -1.34. The third-order valence-corrected chi connectivity index (χ3v) is 3.72. The molecule has 5 heteroatoms. The highest BCUT2D eigenvalue weighted by Gasteiger charge is 2.43. The summed E-state index contributed by atoms with van der Waals surface area (Å²) in [6.07, 6.45) is -1.00. The third-order valence-electron chi connectivity index (χ3n) is 3.72. The van der Waals surface area contributed by atoms with Crippen molar-refractivity contribution in [3.05, 3.63) is 35.9 Å². The van der Waals surface area contributed by atoms with Gasteiger partial charge >= 0.3 is 5.97 Å². The molecule has 0 aliphatic heterocycles. The van der Waals surface area contributed by atoms with E-state index in [1.807, 2.05) is 30.3 Å². The SMILES string of the molecule is COC(O)[C@@H]1C[C@H](O)C[C@H]1C(=O)OCc1ccccc1. The Labute approximate surface area is 118 Å². The van der Waals surface area contributed by atoms with Crippen molar-refractivity contribution in [3.8, 4) is 0 Å². The van der Waals surface area contributed by atoms with Crippen molar-refractivity contribution in [1.82, 2.24) is 0 Å². The van der Waals surface area contributed by atoms with Crippen LogP contribution in [0.3, 0.4) is 0 Å². The summed E-state index contributed by atoms with van der Waals surface area (Å²) in [4.78, 5) is 12.1. The van der Waals surface area contributed by atoms with Crippen molar-refractivity contribution >= 4 is 5.97 Å².